The van der Waals surface area contributed by atoms with Gasteiger partial charge in [-0.25, -0.2) is 0 Å². The first kappa shape index (κ1) is 15.9. The van der Waals surface area contributed by atoms with Gasteiger partial charge in [-0.2, -0.15) is 0 Å². The maximum absolute atomic E-state index is 11.8. The van der Waals surface area contributed by atoms with Gasteiger partial charge in [-0.05, 0) is 26.4 Å². The van der Waals surface area contributed by atoms with Crippen LogP contribution in [0.3, 0.4) is 0 Å². The number of likely N-dealkylation sites (N-methyl/N-ethyl adjacent to an activating group) is 1. The standard InChI is InChI=1S/C12H24N2O3/c1-8(14(5)6)7-13-10(15)9(11(16)17)12(2,3)4/h8-9H,7H2,1-6H3,(H,13,15)(H,16,17). The normalized spacial score (nSPS) is 15.5. The number of hydrogen-bond acceptors (Lipinski definition) is 3. The third-order valence-corrected chi connectivity index (χ3v) is 2.83. The van der Waals surface area contributed by atoms with Crippen LogP contribution in [0.15, 0.2) is 0 Å². The zero-order chi connectivity index (χ0) is 13.8. The highest BCUT2D eigenvalue weighted by molar-refractivity contribution is 5.97. The van der Waals surface area contributed by atoms with Crippen LogP contribution in [0.4, 0.5) is 0 Å². The molecule has 0 aromatic carbocycles. The third kappa shape index (κ3) is 5.17. The van der Waals surface area contributed by atoms with Crippen molar-refractivity contribution in [2.45, 2.75) is 33.7 Å². The molecule has 1 amide bonds. The zero-order valence-electron chi connectivity index (χ0n) is 11.6. The van der Waals surface area contributed by atoms with E-state index in [0.29, 0.717) is 6.54 Å². The Kier molecular flexibility index (Phi) is 5.61. The summed E-state index contributed by atoms with van der Waals surface area (Å²) in [6.07, 6.45) is 0. The summed E-state index contributed by atoms with van der Waals surface area (Å²) in [5, 5.41) is 11.8. The monoisotopic (exact) mass is 244 g/mol. The number of hydrogen-bond donors (Lipinski definition) is 2. The topological polar surface area (TPSA) is 69.6 Å². The van der Waals surface area contributed by atoms with E-state index in [2.05, 4.69) is 5.32 Å². The van der Waals surface area contributed by atoms with Crippen LogP contribution < -0.4 is 5.32 Å². The molecule has 2 unspecified atom stereocenters. The molecular formula is C12H24N2O3. The molecule has 0 saturated carbocycles. The summed E-state index contributed by atoms with van der Waals surface area (Å²) < 4.78 is 0. The van der Waals surface area contributed by atoms with Gasteiger partial charge in [0.05, 0.1) is 0 Å². The van der Waals surface area contributed by atoms with Gasteiger partial charge in [0, 0.05) is 12.6 Å². The molecule has 0 radical (unpaired) electrons. The summed E-state index contributed by atoms with van der Waals surface area (Å²) >= 11 is 0. The lowest BCUT2D eigenvalue weighted by atomic mass is 9.80. The second-order valence-corrected chi connectivity index (χ2v) is 5.70. The number of carbonyl (C=O) groups excluding carboxylic acids is 1. The molecule has 0 spiro atoms. The highest BCUT2D eigenvalue weighted by atomic mass is 16.4. The van der Waals surface area contributed by atoms with Gasteiger partial charge in [0.25, 0.3) is 0 Å². The van der Waals surface area contributed by atoms with E-state index in [1.807, 2.05) is 25.9 Å². The Morgan fingerprint density at radius 3 is 2.06 bits per heavy atom. The van der Waals surface area contributed by atoms with E-state index >= 15 is 0 Å². The van der Waals surface area contributed by atoms with Crippen molar-refractivity contribution in [2.24, 2.45) is 11.3 Å². The molecule has 5 heteroatoms. The van der Waals surface area contributed by atoms with Crippen molar-refractivity contribution in [3.8, 4) is 0 Å². The number of nitrogens with one attached hydrogen (secondary N) is 1. The van der Waals surface area contributed by atoms with Gasteiger partial charge in [0.2, 0.25) is 5.91 Å². The summed E-state index contributed by atoms with van der Waals surface area (Å²) in [5.41, 5.74) is -0.586. The number of nitrogens with zero attached hydrogens (tertiary/aromatic N) is 1. The lowest BCUT2D eigenvalue weighted by Gasteiger charge is -2.27. The second-order valence-electron chi connectivity index (χ2n) is 5.70. The number of carboxylic acids is 1. The highest BCUT2D eigenvalue weighted by Gasteiger charge is 2.37. The minimum atomic E-state index is -1.08. The SMILES string of the molecule is CC(CNC(=O)C(C(=O)O)C(C)(C)C)N(C)C. The van der Waals surface area contributed by atoms with Gasteiger partial charge in [-0.15, -0.1) is 0 Å². The third-order valence-electron chi connectivity index (χ3n) is 2.83. The van der Waals surface area contributed by atoms with Crippen molar-refractivity contribution in [1.82, 2.24) is 10.2 Å². The van der Waals surface area contributed by atoms with Crippen LogP contribution in [-0.2, 0) is 9.59 Å². The van der Waals surface area contributed by atoms with Gasteiger partial charge in [0.15, 0.2) is 0 Å². The van der Waals surface area contributed by atoms with Gasteiger partial charge < -0.3 is 15.3 Å². The van der Waals surface area contributed by atoms with Crippen molar-refractivity contribution in [3.63, 3.8) is 0 Å². The van der Waals surface area contributed by atoms with Crippen molar-refractivity contribution in [1.29, 1.82) is 0 Å². The molecule has 0 aliphatic heterocycles. The Bertz CT molecular complexity index is 282. The quantitative estimate of drug-likeness (QED) is 0.702. The Labute approximate surface area is 103 Å². The second kappa shape index (κ2) is 6.00. The molecule has 0 fully saturated rings. The average Bonchev–Trinajstić information content (AvgIpc) is 2.10. The zero-order valence-corrected chi connectivity index (χ0v) is 11.6. The van der Waals surface area contributed by atoms with Gasteiger partial charge in [0.1, 0.15) is 5.92 Å². The molecular weight excluding hydrogens is 220 g/mol. The molecule has 0 saturated heterocycles. The van der Waals surface area contributed by atoms with E-state index in [1.54, 1.807) is 20.8 Å². The van der Waals surface area contributed by atoms with Gasteiger partial charge >= 0.3 is 5.97 Å². The summed E-state index contributed by atoms with van der Waals surface area (Å²) in [7, 11) is 3.82. The molecule has 2 atom stereocenters. The number of carboxylic acid groups (broad SMARTS) is 1. The van der Waals surface area contributed by atoms with Crippen molar-refractivity contribution in [2.75, 3.05) is 20.6 Å². The van der Waals surface area contributed by atoms with E-state index < -0.39 is 23.2 Å². The minimum Gasteiger partial charge on any atom is -0.481 e. The lowest BCUT2D eigenvalue weighted by Crippen LogP contribution is -2.46. The Balaban J connectivity index is 4.52. The Hall–Kier alpha value is -1.10. The summed E-state index contributed by atoms with van der Waals surface area (Å²) in [4.78, 5) is 24.9. The predicted octanol–water partition coefficient (Wildman–Crippen LogP) is 0.800. The smallest absolute Gasteiger partial charge is 0.316 e. The average molecular weight is 244 g/mol. The van der Waals surface area contributed by atoms with Crippen LogP contribution in [0.5, 0.6) is 0 Å². The van der Waals surface area contributed by atoms with Crippen LogP contribution >= 0.6 is 0 Å². The van der Waals surface area contributed by atoms with Crippen molar-refractivity contribution >= 4 is 11.9 Å². The summed E-state index contributed by atoms with van der Waals surface area (Å²) in [6, 6.07) is 0.174. The maximum atomic E-state index is 11.8. The molecule has 0 aromatic heterocycles. The predicted molar refractivity (Wildman–Crippen MR) is 66.7 cm³/mol. The molecule has 2 N–H and O–H groups in total. The number of carbonyl (C=O) groups is 2. The van der Waals surface area contributed by atoms with Crippen molar-refractivity contribution in [3.05, 3.63) is 0 Å². The van der Waals surface area contributed by atoms with E-state index in [1.165, 1.54) is 0 Å². The molecule has 17 heavy (non-hydrogen) atoms. The summed E-state index contributed by atoms with van der Waals surface area (Å²) in [5.74, 6) is -2.51. The molecule has 0 heterocycles. The Morgan fingerprint density at radius 1 is 1.29 bits per heavy atom. The van der Waals surface area contributed by atoms with Crippen LogP contribution in [0.25, 0.3) is 0 Å². The fourth-order valence-electron chi connectivity index (χ4n) is 1.41. The number of amides is 1. The van der Waals surface area contributed by atoms with Gasteiger partial charge in [-0.1, -0.05) is 20.8 Å². The molecule has 100 valence electrons. The first-order chi connectivity index (χ1) is 7.57. The fourth-order valence-corrected chi connectivity index (χ4v) is 1.41. The van der Waals surface area contributed by atoms with E-state index in [0.717, 1.165) is 0 Å². The number of aliphatic carboxylic acids is 1. The van der Waals surface area contributed by atoms with Crippen molar-refractivity contribution < 1.29 is 14.7 Å². The van der Waals surface area contributed by atoms with Crippen LogP contribution in [0, 0.1) is 11.3 Å². The largest absolute Gasteiger partial charge is 0.481 e. The van der Waals surface area contributed by atoms with Gasteiger partial charge in [-0.3, -0.25) is 9.59 Å². The molecule has 0 aliphatic carbocycles. The first-order valence-electron chi connectivity index (χ1n) is 5.74. The van der Waals surface area contributed by atoms with E-state index in [4.69, 9.17) is 5.11 Å². The lowest BCUT2D eigenvalue weighted by molar-refractivity contribution is -0.151. The van der Waals surface area contributed by atoms with Crippen LogP contribution in [0.2, 0.25) is 0 Å². The minimum absolute atomic E-state index is 0.174. The van der Waals surface area contributed by atoms with E-state index in [9.17, 15) is 9.59 Å². The molecule has 0 aliphatic rings. The van der Waals surface area contributed by atoms with Crippen LogP contribution in [-0.4, -0.2) is 48.6 Å². The highest BCUT2D eigenvalue weighted by Crippen LogP contribution is 2.26. The maximum Gasteiger partial charge on any atom is 0.316 e. The molecule has 5 nitrogen and oxygen atoms in total. The van der Waals surface area contributed by atoms with Crippen LogP contribution in [0.1, 0.15) is 27.7 Å². The van der Waals surface area contributed by atoms with E-state index in [-0.39, 0.29) is 6.04 Å². The first-order valence-corrected chi connectivity index (χ1v) is 5.74. The molecule has 0 rings (SSSR count). The molecule has 0 bridgehead atoms. The number of rotatable bonds is 5. The Morgan fingerprint density at radius 2 is 1.76 bits per heavy atom. The molecule has 0 aromatic rings. The summed E-state index contributed by atoms with van der Waals surface area (Å²) in [6.45, 7) is 7.67. The fraction of sp³-hybridized carbons (Fsp3) is 0.833.